The summed E-state index contributed by atoms with van der Waals surface area (Å²) in [6.07, 6.45) is 6.03. The molecule has 1 fully saturated rings. The Kier molecular flexibility index (Phi) is 6.47. The van der Waals surface area contributed by atoms with Crippen molar-refractivity contribution in [2.75, 3.05) is 38.1 Å². The topological polar surface area (TPSA) is 127 Å². The Morgan fingerprint density at radius 1 is 1.11 bits per heavy atom. The summed E-state index contributed by atoms with van der Waals surface area (Å²) in [4.78, 5) is 27.4. The number of nitrogens with one attached hydrogen (secondary N) is 1. The number of hydrogen-bond acceptors (Lipinski definition) is 10. The summed E-state index contributed by atoms with van der Waals surface area (Å²) in [5.41, 5.74) is 1.85. The van der Waals surface area contributed by atoms with Crippen molar-refractivity contribution < 1.29 is 19.0 Å². The van der Waals surface area contributed by atoms with Gasteiger partial charge < -0.3 is 33.8 Å². The van der Waals surface area contributed by atoms with E-state index < -0.39 is 0 Å². The molecule has 2 aromatic heterocycles. The number of carbonyl (C=O) groups is 1. The van der Waals surface area contributed by atoms with Crippen LogP contribution in [0.4, 0.5) is 17.6 Å². The minimum atomic E-state index is -0.274. The van der Waals surface area contributed by atoms with Crippen molar-refractivity contribution in [3.8, 4) is 29.0 Å². The lowest BCUT2D eigenvalue weighted by Gasteiger charge is -2.21. The number of ether oxygens (including phenoxy) is 3. The van der Waals surface area contributed by atoms with Crippen LogP contribution in [0.1, 0.15) is 18.4 Å². The van der Waals surface area contributed by atoms with Crippen LogP contribution >= 0.6 is 0 Å². The average molecular weight is 500 g/mol. The molecule has 2 aromatic carbocycles. The highest BCUT2D eigenvalue weighted by molar-refractivity contribution is 5.92. The molecule has 4 aromatic rings. The second-order valence-electron chi connectivity index (χ2n) is 8.43. The van der Waals surface area contributed by atoms with Gasteiger partial charge in [-0.1, -0.05) is 0 Å². The normalized spacial score (nSPS) is 14.9. The molecule has 1 aliphatic heterocycles. The summed E-state index contributed by atoms with van der Waals surface area (Å²) >= 11 is 0. The van der Waals surface area contributed by atoms with Crippen LogP contribution in [0.15, 0.2) is 42.9 Å². The summed E-state index contributed by atoms with van der Waals surface area (Å²) in [5.74, 6) is 3.04. The first-order valence-corrected chi connectivity index (χ1v) is 11.6. The predicted molar refractivity (Wildman–Crippen MR) is 137 cm³/mol. The first-order valence-electron chi connectivity index (χ1n) is 11.6. The van der Waals surface area contributed by atoms with E-state index in [0.29, 0.717) is 52.5 Å². The van der Waals surface area contributed by atoms with Gasteiger partial charge in [-0.15, -0.1) is 0 Å². The number of fused-ring (bicyclic) bond motifs is 1. The zero-order valence-electron chi connectivity index (χ0n) is 20.6. The van der Waals surface area contributed by atoms with Crippen molar-refractivity contribution >= 4 is 34.8 Å². The lowest BCUT2D eigenvalue weighted by atomic mass is 10.1. The zero-order chi connectivity index (χ0) is 25.9. The van der Waals surface area contributed by atoms with Gasteiger partial charge in [0.15, 0.2) is 11.5 Å². The molecule has 0 spiro atoms. The SMILES string of the molecule is COc1cc(-n2cnc(Nc3nc(N4CCC[C@H]4C=O)nc4cc(C#N)ccc34)c2)cc(OC)c1OC. The molecule has 1 N–H and O–H groups in total. The van der Waals surface area contributed by atoms with E-state index in [1.807, 2.05) is 27.8 Å². The molecule has 0 radical (unpaired) electrons. The van der Waals surface area contributed by atoms with Gasteiger partial charge in [-0.2, -0.15) is 10.2 Å². The number of carbonyl (C=O) groups excluding carboxylic acids is 1. The van der Waals surface area contributed by atoms with Crippen molar-refractivity contribution in [2.24, 2.45) is 0 Å². The fourth-order valence-corrected chi connectivity index (χ4v) is 4.46. The van der Waals surface area contributed by atoms with Crippen LogP contribution in [0.2, 0.25) is 0 Å². The van der Waals surface area contributed by atoms with E-state index >= 15 is 0 Å². The molecule has 3 heterocycles. The summed E-state index contributed by atoms with van der Waals surface area (Å²) in [5, 5.41) is 13.4. The van der Waals surface area contributed by atoms with E-state index in [-0.39, 0.29) is 6.04 Å². The summed E-state index contributed by atoms with van der Waals surface area (Å²) < 4.78 is 18.2. The second-order valence-corrected chi connectivity index (χ2v) is 8.43. The Balaban J connectivity index is 1.54. The fraction of sp³-hybridized carbons (Fsp3) is 0.269. The van der Waals surface area contributed by atoms with Crippen LogP contribution in [0.3, 0.4) is 0 Å². The van der Waals surface area contributed by atoms with Crippen LogP contribution in [0.25, 0.3) is 16.6 Å². The van der Waals surface area contributed by atoms with Crippen molar-refractivity contribution in [1.82, 2.24) is 19.5 Å². The summed E-state index contributed by atoms with van der Waals surface area (Å²) in [6, 6.07) is 10.8. The molecule has 1 aliphatic rings. The van der Waals surface area contributed by atoms with Gasteiger partial charge in [0.1, 0.15) is 24.2 Å². The molecule has 11 nitrogen and oxygen atoms in total. The molecular weight excluding hydrogens is 474 g/mol. The Labute approximate surface area is 213 Å². The number of nitriles is 1. The number of nitrogens with zero attached hydrogens (tertiary/aromatic N) is 6. The molecule has 11 heteroatoms. The summed E-state index contributed by atoms with van der Waals surface area (Å²) in [6.45, 7) is 0.683. The molecule has 188 valence electrons. The second kappa shape index (κ2) is 10.0. The van der Waals surface area contributed by atoms with E-state index in [1.54, 1.807) is 45.9 Å². The van der Waals surface area contributed by atoms with Crippen molar-refractivity contribution in [1.29, 1.82) is 5.26 Å². The molecule has 0 unspecified atom stereocenters. The third-order valence-electron chi connectivity index (χ3n) is 6.30. The minimum Gasteiger partial charge on any atom is -0.493 e. The quantitative estimate of drug-likeness (QED) is 0.359. The molecule has 37 heavy (non-hydrogen) atoms. The molecular formula is C26H25N7O4. The maximum absolute atomic E-state index is 11.6. The molecule has 5 rings (SSSR count). The molecule has 0 aliphatic carbocycles. The number of hydrogen-bond donors (Lipinski definition) is 1. The lowest BCUT2D eigenvalue weighted by Crippen LogP contribution is -2.32. The van der Waals surface area contributed by atoms with E-state index in [0.717, 1.165) is 30.2 Å². The molecule has 1 atom stereocenters. The van der Waals surface area contributed by atoms with Gasteiger partial charge in [0.05, 0.1) is 56.4 Å². The number of benzene rings is 2. The maximum atomic E-state index is 11.6. The van der Waals surface area contributed by atoms with Crippen LogP contribution in [-0.4, -0.2) is 59.7 Å². The number of aldehydes is 1. The number of aromatic nitrogens is 4. The monoisotopic (exact) mass is 499 g/mol. The largest absolute Gasteiger partial charge is 0.493 e. The van der Waals surface area contributed by atoms with Gasteiger partial charge >= 0.3 is 0 Å². The first kappa shape index (κ1) is 23.9. The Bertz CT molecular complexity index is 1490. The Morgan fingerprint density at radius 3 is 2.57 bits per heavy atom. The van der Waals surface area contributed by atoms with E-state index in [9.17, 15) is 10.1 Å². The van der Waals surface area contributed by atoms with Gasteiger partial charge in [0.2, 0.25) is 11.7 Å². The molecule has 0 amide bonds. The van der Waals surface area contributed by atoms with E-state index in [1.165, 1.54) is 0 Å². The van der Waals surface area contributed by atoms with Gasteiger partial charge in [0, 0.05) is 24.1 Å². The van der Waals surface area contributed by atoms with Crippen molar-refractivity contribution in [2.45, 2.75) is 18.9 Å². The number of imidazole rings is 1. The average Bonchev–Trinajstić information content (AvgIpc) is 3.61. The van der Waals surface area contributed by atoms with Crippen LogP contribution < -0.4 is 24.4 Å². The van der Waals surface area contributed by atoms with Crippen LogP contribution in [0.5, 0.6) is 17.2 Å². The van der Waals surface area contributed by atoms with Gasteiger partial charge in [-0.3, -0.25) is 0 Å². The third-order valence-corrected chi connectivity index (χ3v) is 6.30. The molecule has 0 saturated carbocycles. The van der Waals surface area contributed by atoms with Crippen molar-refractivity contribution in [3.05, 3.63) is 48.4 Å². The maximum Gasteiger partial charge on any atom is 0.228 e. The third kappa shape index (κ3) is 4.45. The highest BCUT2D eigenvalue weighted by Crippen LogP contribution is 2.39. The van der Waals surface area contributed by atoms with Gasteiger partial charge in [-0.25, -0.2) is 9.97 Å². The number of anilines is 3. The highest BCUT2D eigenvalue weighted by atomic mass is 16.5. The molecule has 1 saturated heterocycles. The van der Waals surface area contributed by atoms with Crippen molar-refractivity contribution in [3.63, 3.8) is 0 Å². The summed E-state index contributed by atoms with van der Waals surface area (Å²) in [7, 11) is 4.68. The van der Waals surface area contributed by atoms with E-state index in [4.69, 9.17) is 19.2 Å². The highest BCUT2D eigenvalue weighted by Gasteiger charge is 2.27. The van der Waals surface area contributed by atoms with Crippen LogP contribution in [0, 0.1) is 11.3 Å². The number of methoxy groups -OCH3 is 3. The Morgan fingerprint density at radius 2 is 1.89 bits per heavy atom. The molecule has 0 bridgehead atoms. The van der Waals surface area contributed by atoms with E-state index in [2.05, 4.69) is 21.4 Å². The first-order chi connectivity index (χ1) is 18.1. The smallest absolute Gasteiger partial charge is 0.228 e. The lowest BCUT2D eigenvalue weighted by molar-refractivity contribution is -0.108. The fourth-order valence-electron chi connectivity index (χ4n) is 4.46. The number of rotatable bonds is 8. The standard InChI is InChI=1S/C26H25N7O4/c1-35-21-10-18(11-22(36-2)24(21)37-3)32-13-23(28-15-32)30-25-19-7-6-16(12-27)9-20(19)29-26(31-25)33-8-4-5-17(33)14-34/h6-7,9-11,13-15,17H,4-5,8H2,1-3H3,(H,29,30,31)/t17-/m0/s1. The van der Waals surface area contributed by atoms with Crippen LogP contribution in [-0.2, 0) is 4.79 Å². The Hall–Kier alpha value is -4.85. The predicted octanol–water partition coefficient (Wildman–Crippen LogP) is 3.62. The van der Waals surface area contributed by atoms with Gasteiger partial charge in [0.25, 0.3) is 0 Å². The zero-order valence-corrected chi connectivity index (χ0v) is 20.6. The van der Waals surface area contributed by atoms with Gasteiger partial charge in [-0.05, 0) is 31.0 Å². The minimum absolute atomic E-state index is 0.274.